The predicted molar refractivity (Wildman–Crippen MR) is 106 cm³/mol. The molecule has 3 aromatic heterocycles. The highest BCUT2D eigenvalue weighted by molar-refractivity contribution is 7.13. The molecule has 0 N–H and O–H groups in total. The van der Waals surface area contributed by atoms with Crippen molar-refractivity contribution in [2.75, 3.05) is 7.11 Å². The number of rotatable bonds is 6. The number of ether oxygens (including phenoxy) is 2. The van der Waals surface area contributed by atoms with Gasteiger partial charge in [-0.25, -0.2) is 14.3 Å². The summed E-state index contributed by atoms with van der Waals surface area (Å²) in [6.45, 7) is -0.115. The van der Waals surface area contributed by atoms with Gasteiger partial charge in [-0.05, 0) is 35.7 Å². The van der Waals surface area contributed by atoms with E-state index in [9.17, 15) is 9.59 Å². The van der Waals surface area contributed by atoms with Crippen LogP contribution in [0.15, 0.2) is 70.6 Å². The number of methoxy groups -OCH3 is 1. The normalized spacial score (nSPS) is 10.7. The van der Waals surface area contributed by atoms with Crippen molar-refractivity contribution < 1.29 is 23.5 Å². The molecule has 4 rings (SSSR count). The van der Waals surface area contributed by atoms with Crippen molar-refractivity contribution >= 4 is 23.3 Å². The highest BCUT2D eigenvalue weighted by Crippen LogP contribution is 2.28. The Morgan fingerprint density at radius 2 is 1.90 bits per heavy atom. The number of nitrogens with zero attached hydrogens (tertiary/aromatic N) is 2. The quantitative estimate of drug-likeness (QED) is 0.442. The molecule has 29 heavy (non-hydrogen) atoms. The smallest absolute Gasteiger partial charge is 0.373 e. The number of carbonyl (C=O) groups is 2. The van der Waals surface area contributed by atoms with Gasteiger partial charge in [-0.2, -0.15) is 5.10 Å². The Bertz CT molecular complexity index is 1130. The predicted octanol–water partition coefficient (Wildman–Crippen LogP) is 4.34. The van der Waals surface area contributed by atoms with Crippen molar-refractivity contribution in [2.45, 2.75) is 6.61 Å². The lowest BCUT2D eigenvalue weighted by Gasteiger charge is -2.02. The standard InChI is InChI=1S/C21H16N2O5S/c1-26-21(25)17-10-9-15(28-17)13-27-20(24)16-12-23(14-6-3-2-4-7-14)22-19(16)18-8-5-11-29-18/h2-12H,13H2,1H3. The molecular weight excluding hydrogens is 392 g/mol. The van der Waals surface area contributed by atoms with Crippen molar-refractivity contribution in [1.29, 1.82) is 0 Å². The number of para-hydroxylation sites is 1. The molecule has 1 aromatic carbocycles. The largest absolute Gasteiger partial charge is 0.463 e. The summed E-state index contributed by atoms with van der Waals surface area (Å²) < 4.78 is 17.0. The molecule has 0 aliphatic carbocycles. The zero-order valence-electron chi connectivity index (χ0n) is 15.4. The lowest BCUT2D eigenvalue weighted by atomic mass is 10.2. The van der Waals surface area contributed by atoms with Gasteiger partial charge in [-0.1, -0.05) is 24.3 Å². The van der Waals surface area contributed by atoms with Crippen LogP contribution in [0.1, 0.15) is 26.7 Å². The third kappa shape index (κ3) is 3.97. The van der Waals surface area contributed by atoms with E-state index in [1.807, 2.05) is 47.8 Å². The second-order valence-corrected chi connectivity index (χ2v) is 6.93. The molecule has 3 heterocycles. The molecule has 4 aromatic rings. The maximum absolute atomic E-state index is 12.8. The molecule has 0 radical (unpaired) electrons. The molecule has 146 valence electrons. The minimum Gasteiger partial charge on any atom is -0.463 e. The van der Waals surface area contributed by atoms with E-state index < -0.39 is 11.9 Å². The van der Waals surface area contributed by atoms with Crippen LogP contribution in [-0.4, -0.2) is 28.8 Å². The molecule has 0 amide bonds. The molecular formula is C21H16N2O5S. The molecule has 0 atom stereocenters. The Morgan fingerprint density at radius 1 is 1.07 bits per heavy atom. The van der Waals surface area contributed by atoms with E-state index in [1.165, 1.54) is 24.5 Å². The number of hydrogen-bond donors (Lipinski definition) is 0. The molecule has 0 bridgehead atoms. The number of furan rings is 1. The monoisotopic (exact) mass is 408 g/mol. The van der Waals surface area contributed by atoms with Gasteiger partial charge in [0.1, 0.15) is 23.6 Å². The van der Waals surface area contributed by atoms with Crippen LogP contribution < -0.4 is 0 Å². The molecule has 0 saturated carbocycles. The Balaban J connectivity index is 1.58. The highest BCUT2D eigenvalue weighted by Gasteiger charge is 2.21. The van der Waals surface area contributed by atoms with Gasteiger partial charge in [0.25, 0.3) is 0 Å². The Hall–Kier alpha value is -3.65. The summed E-state index contributed by atoms with van der Waals surface area (Å²) in [6.07, 6.45) is 1.65. The first-order valence-electron chi connectivity index (χ1n) is 8.69. The van der Waals surface area contributed by atoms with Crippen LogP contribution in [0.4, 0.5) is 0 Å². The summed E-state index contributed by atoms with van der Waals surface area (Å²) in [7, 11) is 1.26. The van der Waals surface area contributed by atoms with Crippen LogP contribution in [0.2, 0.25) is 0 Å². The third-order valence-corrected chi connectivity index (χ3v) is 4.98. The van der Waals surface area contributed by atoms with Crippen molar-refractivity contribution in [3.05, 3.63) is 83.3 Å². The zero-order chi connectivity index (χ0) is 20.2. The van der Waals surface area contributed by atoms with E-state index in [-0.39, 0.29) is 12.4 Å². The summed E-state index contributed by atoms with van der Waals surface area (Å²) in [5, 5.41) is 6.50. The molecule has 0 aliphatic rings. The first-order chi connectivity index (χ1) is 14.2. The van der Waals surface area contributed by atoms with Crippen molar-refractivity contribution in [2.24, 2.45) is 0 Å². The molecule has 7 nitrogen and oxygen atoms in total. The van der Waals surface area contributed by atoms with Crippen LogP contribution in [0, 0.1) is 0 Å². The van der Waals surface area contributed by atoms with E-state index in [0.717, 1.165) is 10.6 Å². The van der Waals surface area contributed by atoms with E-state index in [4.69, 9.17) is 9.15 Å². The maximum atomic E-state index is 12.8. The van der Waals surface area contributed by atoms with Gasteiger partial charge in [0.2, 0.25) is 5.76 Å². The third-order valence-electron chi connectivity index (χ3n) is 4.10. The van der Waals surface area contributed by atoms with Crippen molar-refractivity contribution in [3.63, 3.8) is 0 Å². The van der Waals surface area contributed by atoms with Crippen LogP contribution in [-0.2, 0) is 16.1 Å². The molecule has 0 fully saturated rings. The Kier molecular flexibility index (Phi) is 5.26. The molecule has 0 spiro atoms. The number of hydrogen-bond acceptors (Lipinski definition) is 7. The van der Waals surface area contributed by atoms with Crippen molar-refractivity contribution in [1.82, 2.24) is 9.78 Å². The van der Waals surface area contributed by atoms with Crippen LogP contribution in [0.5, 0.6) is 0 Å². The average molecular weight is 408 g/mol. The zero-order valence-corrected chi connectivity index (χ0v) is 16.2. The lowest BCUT2D eigenvalue weighted by Crippen LogP contribution is -2.05. The summed E-state index contributed by atoms with van der Waals surface area (Å²) in [5.74, 6) is -0.736. The van der Waals surface area contributed by atoms with Gasteiger partial charge in [0, 0.05) is 6.20 Å². The molecule has 0 aliphatic heterocycles. The summed E-state index contributed by atoms with van der Waals surface area (Å²) >= 11 is 1.49. The van der Waals surface area contributed by atoms with Crippen LogP contribution in [0.3, 0.4) is 0 Å². The van der Waals surface area contributed by atoms with Gasteiger partial charge in [-0.15, -0.1) is 11.3 Å². The van der Waals surface area contributed by atoms with Gasteiger partial charge < -0.3 is 13.9 Å². The minimum absolute atomic E-state index is 0.0507. The summed E-state index contributed by atoms with van der Waals surface area (Å²) in [4.78, 5) is 25.1. The van der Waals surface area contributed by atoms with E-state index >= 15 is 0 Å². The molecule has 0 saturated heterocycles. The second-order valence-electron chi connectivity index (χ2n) is 5.98. The van der Waals surface area contributed by atoms with Gasteiger partial charge in [-0.3, -0.25) is 0 Å². The van der Waals surface area contributed by atoms with Crippen molar-refractivity contribution in [3.8, 4) is 16.3 Å². The maximum Gasteiger partial charge on any atom is 0.373 e. The van der Waals surface area contributed by atoms with Gasteiger partial charge in [0.15, 0.2) is 0 Å². The van der Waals surface area contributed by atoms with Gasteiger partial charge >= 0.3 is 11.9 Å². The molecule has 8 heteroatoms. The fourth-order valence-electron chi connectivity index (χ4n) is 2.71. The summed E-state index contributed by atoms with van der Waals surface area (Å²) in [6, 6.07) is 16.3. The fourth-order valence-corrected chi connectivity index (χ4v) is 3.44. The highest BCUT2D eigenvalue weighted by atomic mass is 32.1. The summed E-state index contributed by atoms with van der Waals surface area (Å²) in [5.41, 5.74) is 1.72. The lowest BCUT2D eigenvalue weighted by molar-refractivity contribution is 0.0439. The fraction of sp³-hybridized carbons (Fsp3) is 0.0952. The first kappa shape index (κ1) is 18.7. The van der Waals surface area contributed by atoms with Gasteiger partial charge in [0.05, 0.1) is 17.7 Å². The number of esters is 2. The number of thiophene rings is 1. The number of aromatic nitrogens is 2. The topological polar surface area (TPSA) is 83.6 Å². The second kappa shape index (κ2) is 8.15. The SMILES string of the molecule is COC(=O)c1ccc(COC(=O)c2cn(-c3ccccc3)nc2-c2cccs2)o1. The number of carbonyl (C=O) groups excluding carboxylic acids is 2. The first-order valence-corrected chi connectivity index (χ1v) is 9.57. The van der Waals surface area contributed by atoms with Crippen LogP contribution in [0.25, 0.3) is 16.3 Å². The van der Waals surface area contributed by atoms with E-state index in [1.54, 1.807) is 16.9 Å². The number of benzene rings is 1. The average Bonchev–Trinajstić information content (AvgIpc) is 3.52. The Labute approximate surface area is 170 Å². The molecule has 0 unspecified atom stereocenters. The van der Waals surface area contributed by atoms with Crippen LogP contribution >= 0.6 is 11.3 Å². The van der Waals surface area contributed by atoms with E-state index in [2.05, 4.69) is 9.84 Å². The van der Waals surface area contributed by atoms with E-state index in [0.29, 0.717) is 17.0 Å². The minimum atomic E-state index is -0.591. The Morgan fingerprint density at radius 3 is 2.62 bits per heavy atom.